The third kappa shape index (κ3) is 4.48. The number of halogens is 1. The van der Waals surface area contributed by atoms with Gasteiger partial charge in [0.2, 0.25) is 5.91 Å². The Morgan fingerprint density at radius 3 is 2.90 bits per heavy atom. The number of carbonyl (C=O) groups is 1. The Bertz CT molecular complexity index is 627. The van der Waals surface area contributed by atoms with Crippen molar-refractivity contribution in [1.82, 2.24) is 5.32 Å². The van der Waals surface area contributed by atoms with E-state index in [9.17, 15) is 17.6 Å². The third-order valence-electron chi connectivity index (χ3n) is 3.07. The zero-order chi connectivity index (χ0) is 15.5. The van der Waals surface area contributed by atoms with Gasteiger partial charge in [0.15, 0.2) is 9.84 Å². The van der Waals surface area contributed by atoms with Crippen LogP contribution in [0.15, 0.2) is 23.1 Å². The number of benzene rings is 1. The van der Waals surface area contributed by atoms with Gasteiger partial charge >= 0.3 is 0 Å². The van der Waals surface area contributed by atoms with E-state index < -0.39 is 21.6 Å². The van der Waals surface area contributed by atoms with Crippen molar-refractivity contribution in [2.75, 3.05) is 31.3 Å². The van der Waals surface area contributed by atoms with Gasteiger partial charge in [0.1, 0.15) is 5.82 Å². The molecule has 1 aliphatic rings. The fourth-order valence-electron chi connectivity index (χ4n) is 2.01. The standard InChI is InChI=1S/C13H17FN2O4S/c1-21(18,19)10-2-3-11(14)12(7-10)16-13(17)6-9-8-20-5-4-15-9/h2-3,7,9,15H,4-6,8H2,1H3,(H,16,17). The van der Waals surface area contributed by atoms with Crippen molar-refractivity contribution < 1.29 is 22.3 Å². The maximum Gasteiger partial charge on any atom is 0.226 e. The average molecular weight is 316 g/mol. The molecule has 6 nitrogen and oxygen atoms in total. The zero-order valence-corrected chi connectivity index (χ0v) is 12.4. The number of rotatable bonds is 4. The van der Waals surface area contributed by atoms with Crippen molar-refractivity contribution >= 4 is 21.4 Å². The van der Waals surface area contributed by atoms with Crippen LogP contribution in [-0.2, 0) is 19.4 Å². The quantitative estimate of drug-likeness (QED) is 0.792. The molecule has 2 rings (SSSR count). The van der Waals surface area contributed by atoms with E-state index >= 15 is 0 Å². The van der Waals surface area contributed by atoms with Gasteiger partial charge in [-0.3, -0.25) is 4.79 Å². The molecule has 0 bridgehead atoms. The number of hydrogen-bond acceptors (Lipinski definition) is 5. The maximum atomic E-state index is 13.6. The summed E-state index contributed by atoms with van der Waals surface area (Å²) in [6.07, 6.45) is 1.15. The van der Waals surface area contributed by atoms with Gasteiger partial charge in [0.05, 0.1) is 23.8 Å². The van der Waals surface area contributed by atoms with Crippen molar-refractivity contribution in [1.29, 1.82) is 0 Å². The predicted octanol–water partition coefficient (Wildman–Crippen LogP) is 0.546. The van der Waals surface area contributed by atoms with Gasteiger partial charge in [-0.15, -0.1) is 0 Å². The number of carbonyl (C=O) groups excluding carboxylic acids is 1. The van der Waals surface area contributed by atoms with E-state index in [0.29, 0.717) is 19.8 Å². The fourth-order valence-corrected chi connectivity index (χ4v) is 2.65. The van der Waals surface area contributed by atoms with Crippen LogP contribution in [0.4, 0.5) is 10.1 Å². The van der Waals surface area contributed by atoms with Gasteiger partial charge in [0, 0.05) is 25.3 Å². The van der Waals surface area contributed by atoms with Crippen molar-refractivity contribution in [3.8, 4) is 0 Å². The third-order valence-corrected chi connectivity index (χ3v) is 4.18. The monoisotopic (exact) mass is 316 g/mol. The number of amides is 1. The molecule has 21 heavy (non-hydrogen) atoms. The van der Waals surface area contributed by atoms with Crippen LogP contribution < -0.4 is 10.6 Å². The second-order valence-electron chi connectivity index (χ2n) is 4.89. The Morgan fingerprint density at radius 1 is 1.52 bits per heavy atom. The molecule has 1 saturated heterocycles. The lowest BCUT2D eigenvalue weighted by Crippen LogP contribution is -2.43. The number of hydrogen-bond donors (Lipinski definition) is 2. The van der Waals surface area contributed by atoms with Gasteiger partial charge in [0.25, 0.3) is 0 Å². The van der Waals surface area contributed by atoms with Gasteiger partial charge in [-0.1, -0.05) is 0 Å². The van der Waals surface area contributed by atoms with Crippen LogP contribution in [0.5, 0.6) is 0 Å². The smallest absolute Gasteiger partial charge is 0.226 e. The van der Waals surface area contributed by atoms with Crippen LogP contribution >= 0.6 is 0 Å². The van der Waals surface area contributed by atoms with Crippen LogP contribution in [0.2, 0.25) is 0 Å². The molecule has 0 radical (unpaired) electrons. The first-order chi connectivity index (χ1) is 9.86. The molecule has 0 aliphatic carbocycles. The first kappa shape index (κ1) is 15.9. The second kappa shape index (κ2) is 6.50. The zero-order valence-electron chi connectivity index (χ0n) is 11.6. The summed E-state index contributed by atoms with van der Waals surface area (Å²) in [5.41, 5.74) is -0.139. The van der Waals surface area contributed by atoms with Crippen molar-refractivity contribution in [3.05, 3.63) is 24.0 Å². The van der Waals surface area contributed by atoms with E-state index in [1.165, 1.54) is 0 Å². The molecule has 8 heteroatoms. The van der Waals surface area contributed by atoms with Gasteiger partial charge in [-0.2, -0.15) is 0 Å². The van der Waals surface area contributed by atoms with Gasteiger partial charge in [-0.05, 0) is 18.2 Å². The largest absolute Gasteiger partial charge is 0.378 e. The number of morpholine rings is 1. The Morgan fingerprint density at radius 2 is 2.29 bits per heavy atom. The summed E-state index contributed by atoms with van der Waals surface area (Å²) in [4.78, 5) is 11.8. The highest BCUT2D eigenvalue weighted by atomic mass is 32.2. The Hall–Kier alpha value is -1.51. The first-order valence-corrected chi connectivity index (χ1v) is 8.36. The van der Waals surface area contributed by atoms with E-state index in [1.54, 1.807) is 0 Å². The van der Waals surface area contributed by atoms with E-state index in [2.05, 4.69) is 10.6 Å². The Balaban J connectivity index is 2.06. The van der Waals surface area contributed by atoms with Crippen LogP contribution in [0.25, 0.3) is 0 Å². The lowest BCUT2D eigenvalue weighted by molar-refractivity contribution is -0.117. The molecular formula is C13H17FN2O4S. The lowest BCUT2D eigenvalue weighted by atomic mass is 10.2. The average Bonchev–Trinajstić information content (AvgIpc) is 2.41. The van der Waals surface area contributed by atoms with Crippen LogP contribution in [0.1, 0.15) is 6.42 Å². The van der Waals surface area contributed by atoms with Gasteiger partial charge in [-0.25, -0.2) is 12.8 Å². The molecule has 1 aliphatic heterocycles. The molecule has 116 valence electrons. The predicted molar refractivity (Wildman–Crippen MR) is 75.4 cm³/mol. The molecule has 1 aromatic rings. The molecule has 2 N–H and O–H groups in total. The molecule has 0 saturated carbocycles. The van der Waals surface area contributed by atoms with Crippen LogP contribution in [0, 0.1) is 5.82 Å². The normalized spacial score (nSPS) is 19.2. The molecule has 1 amide bonds. The summed E-state index contributed by atoms with van der Waals surface area (Å²) >= 11 is 0. The lowest BCUT2D eigenvalue weighted by Gasteiger charge is -2.23. The maximum absolute atomic E-state index is 13.6. The van der Waals surface area contributed by atoms with Crippen LogP contribution in [0.3, 0.4) is 0 Å². The summed E-state index contributed by atoms with van der Waals surface area (Å²) in [5, 5.41) is 5.51. The summed E-state index contributed by atoms with van der Waals surface area (Å²) < 4.78 is 41.7. The van der Waals surface area contributed by atoms with E-state index in [4.69, 9.17) is 4.74 Å². The highest BCUT2D eigenvalue weighted by Gasteiger charge is 2.18. The SMILES string of the molecule is CS(=O)(=O)c1ccc(F)c(NC(=O)CC2COCCN2)c1. The molecular weight excluding hydrogens is 299 g/mol. The summed E-state index contributed by atoms with van der Waals surface area (Å²) in [6.45, 7) is 1.68. The molecule has 0 aromatic heterocycles. The van der Waals surface area contributed by atoms with Crippen molar-refractivity contribution in [2.24, 2.45) is 0 Å². The topological polar surface area (TPSA) is 84.5 Å². The minimum atomic E-state index is -3.46. The van der Waals surface area contributed by atoms with Gasteiger partial charge < -0.3 is 15.4 Å². The van der Waals surface area contributed by atoms with E-state index in [1.807, 2.05) is 0 Å². The highest BCUT2D eigenvalue weighted by Crippen LogP contribution is 2.20. The van der Waals surface area contributed by atoms with Crippen molar-refractivity contribution in [2.45, 2.75) is 17.4 Å². The highest BCUT2D eigenvalue weighted by molar-refractivity contribution is 7.90. The molecule has 1 atom stereocenters. The van der Waals surface area contributed by atoms with E-state index in [0.717, 1.165) is 24.5 Å². The van der Waals surface area contributed by atoms with Crippen molar-refractivity contribution in [3.63, 3.8) is 0 Å². The number of sulfone groups is 1. The molecule has 0 spiro atoms. The molecule has 1 fully saturated rings. The first-order valence-electron chi connectivity index (χ1n) is 6.47. The second-order valence-corrected chi connectivity index (χ2v) is 6.91. The van der Waals surface area contributed by atoms with E-state index in [-0.39, 0.29) is 23.0 Å². The Kier molecular flexibility index (Phi) is 4.92. The van der Waals surface area contributed by atoms with Crippen LogP contribution in [-0.4, -0.2) is 46.4 Å². The minimum absolute atomic E-state index is 0.0432. The molecule has 1 aromatic carbocycles. The summed E-state index contributed by atoms with van der Waals surface area (Å²) in [5.74, 6) is -1.08. The summed E-state index contributed by atoms with van der Waals surface area (Å²) in [7, 11) is -3.46. The summed E-state index contributed by atoms with van der Waals surface area (Å²) in [6, 6.07) is 3.18. The molecule has 1 unspecified atom stereocenters. The number of nitrogens with one attached hydrogen (secondary N) is 2. The number of ether oxygens (including phenoxy) is 1. The minimum Gasteiger partial charge on any atom is -0.378 e. The number of anilines is 1. The Labute approximate surface area is 122 Å². The fraction of sp³-hybridized carbons (Fsp3) is 0.462. The molecule has 1 heterocycles.